The topological polar surface area (TPSA) is 138 Å². The first-order valence-electron chi connectivity index (χ1n) is 9.76. The van der Waals surface area contributed by atoms with E-state index >= 15 is 0 Å². The third-order valence-corrected chi connectivity index (χ3v) is 5.95. The number of ether oxygens (including phenoxy) is 4. The number of fused-ring (bicyclic) bond motifs is 1. The molecule has 2 heterocycles. The van der Waals surface area contributed by atoms with Gasteiger partial charge in [-0.1, -0.05) is 30.3 Å². The van der Waals surface area contributed by atoms with Crippen molar-refractivity contribution in [1.29, 1.82) is 0 Å². The van der Waals surface area contributed by atoms with Crippen molar-refractivity contribution in [2.24, 2.45) is 0 Å². The number of nitrogens with one attached hydrogen (secondary N) is 1. The Bertz CT molecular complexity index is 770. The van der Waals surface area contributed by atoms with Gasteiger partial charge in [0.25, 0.3) is 0 Å². The number of carbonyl (C=O) groups is 1. The first-order valence-corrected chi connectivity index (χ1v) is 11.1. The fourth-order valence-electron chi connectivity index (χ4n) is 3.44. The number of carbonyl (C=O) groups excluding carboxylic acids is 1. The van der Waals surface area contributed by atoms with E-state index in [1.807, 2.05) is 0 Å². The highest BCUT2D eigenvalue weighted by molar-refractivity contribution is 7.99. The molecule has 2 fully saturated rings. The van der Waals surface area contributed by atoms with E-state index in [0.717, 1.165) is 12.2 Å². The van der Waals surface area contributed by atoms with Crippen molar-refractivity contribution in [3.8, 4) is 0 Å². The molecule has 0 radical (unpaired) electrons. The molecule has 0 spiro atoms. The number of thioether (sulfide) groups is 1. The van der Waals surface area contributed by atoms with Crippen molar-refractivity contribution in [3.05, 3.63) is 5.15 Å². The molecule has 1 aliphatic heterocycles. The summed E-state index contributed by atoms with van der Waals surface area (Å²) in [6.07, 6.45) is -1.02. The number of nitrogen functional groups attached to an aromatic ring is 1. The van der Waals surface area contributed by atoms with E-state index in [0.29, 0.717) is 17.4 Å². The van der Waals surface area contributed by atoms with E-state index in [1.165, 1.54) is 11.8 Å². The van der Waals surface area contributed by atoms with Gasteiger partial charge in [0.1, 0.15) is 30.6 Å². The quantitative estimate of drug-likeness (QED) is 0.227. The molecule has 10 nitrogen and oxygen atoms in total. The zero-order valence-electron chi connectivity index (χ0n) is 17.1. The average Bonchev–Trinajstić information content (AvgIpc) is 3.16. The Morgan fingerprint density at radius 2 is 2.13 bits per heavy atom. The molecular formula is C18H27ClN4O6S. The molecule has 3 rings (SSSR count). The van der Waals surface area contributed by atoms with Crippen LogP contribution in [0.15, 0.2) is 5.16 Å². The molecule has 1 saturated heterocycles. The van der Waals surface area contributed by atoms with Gasteiger partial charge in [0, 0.05) is 12.2 Å². The Hall–Kier alpha value is -1.53. The largest absolute Gasteiger partial charge is 0.508 e. The number of nitrogens with zero attached hydrogens (tertiary/aromatic N) is 2. The van der Waals surface area contributed by atoms with Crippen LogP contribution in [0.1, 0.15) is 33.6 Å². The predicted octanol–water partition coefficient (Wildman–Crippen LogP) is 2.43. The summed E-state index contributed by atoms with van der Waals surface area (Å²) in [4.78, 5) is 20.6. The molecule has 30 heavy (non-hydrogen) atoms. The maximum atomic E-state index is 11.9. The summed E-state index contributed by atoms with van der Waals surface area (Å²) in [5.41, 5.74) is 6.32. The van der Waals surface area contributed by atoms with Crippen molar-refractivity contribution in [2.45, 2.75) is 68.9 Å². The molecule has 1 aliphatic carbocycles. The van der Waals surface area contributed by atoms with Crippen molar-refractivity contribution in [2.75, 3.05) is 30.0 Å². The highest BCUT2D eigenvalue weighted by atomic mass is 35.5. The zero-order valence-corrected chi connectivity index (χ0v) is 18.7. The first-order chi connectivity index (χ1) is 14.2. The number of aliphatic hydroxyl groups excluding tert-OH is 1. The zero-order chi connectivity index (χ0) is 21.9. The van der Waals surface area contributed by atoms with E-state index in [2.05, 4.69) is 22.2 Å². The number of hydrogen-bond donors (Lipinski definition) is 3. The number of nitrogens with two attached hydrogens (primary N) is 1. The molecule has 4 atom stereocenters. The third-order valence-electron chi connectivity index (χ3n) is 4.61. The minimum atomic E-state index is -0.871. The first kappa shape index (κ1) is 23.1. The van der Waals surface area contributed by atoms with Gasteiger partial charge < -0.3 is 35.1 Å². The number of aliphatic hydroxyl groups is 1. The Kier molecular flexibility index (Phi) is 7.51. The Labute approximate surface area is 184 Å². The fourth-order valence-corrected chi connectivity index (χ4v) is 4.36. The summed E-state index contributed by atoms with van der Waals surface area (Å²) in [6.45, 7) is 5.22. The molecule has 4 N–H and O–H groups in total. The molecule has 1 aromatic rings. The van der Waals surface area contributed by atoms with Crippen LogP contribution in [-0.2, 0) is 18.9 Å². The smallest absolute Gasteiger partial charge is 0.432 e. The second-order valence-electron chi connectivity index (χ2n) is 7.44. The molecule has 4 unspecified atom stereocenters. The Morgan fingerprint density at radius 3 is 2.83 bits per heavy atom. The maximum absolute atomic E-state index is 11.9. The van der Waals surface area contributed by atoms with Crippen molar-refractivity contribution in [1.82, 2.24) is 9.97 Å². The van der Waals surface area contributed by atoms with Crippen molar-refractivity contribution in [3.63, 3.8) is 0 Å². The van der Waals surface area contributed by atoms with E-state index in [-0.39, 0.29) is 30.1 Å². The average molecular weight is 463 g/mol. The normalized spacial score (nSPS) is 27.0. The fraction of sp³-hybridized carbons (Fsp3) is 0.722. The van der Waals surface area contributed by atoms with E-state index in [9.17, 15) is 4.79 Å². The number of rotatable bonds is 8. The maximum Gasteiger partial charge on any atom is 0.508 e. The monoisotopic (exact) mass is 462 g/mol. The minimum Gasteiger partial charge on any atom is -0.432 e. The van der Waals surface area contributed by atoms with Gasteiger partial charge in [0.15, 0.2) is 21.9 Å². The second kappa shape index (κ2) is 9.73. The second-order valence-corrected chi connectivity index (χ2v) is 8.86. The lowest BCUT2D eigenvalue weighted by atomic mass is 10.2. The molecule has 0 aromatic carbocycles. The number of anilines is 2. The predicted molar refractivity (Wildman–Crippen MR) is 112 cm³/mol. The molecule has 1 saturated carbocycles. The molecule has 1 aromatic heterocycles. The summed E-state index contributed by atoms with van der Waals surface area (Å²) >= 11 is 7.68. The van der Waals surface area contributed by atoms with E-state index < -0.39 is 30.3 Å². The van der Waals surface area contributed by atoms with Gasteiger partial charge in [-0.15, -0.1) is 0 Å². The third kappa shape index (κ3) is 5.38. The van der Waals surface area contributed by atoms with Gasteiger partial charge in [-0.3, -0.25) is 0 Å². The van der Waals surface area contributed by atoms with Gasteiger partial charge >= 0.3 is 6.16 Å². The van der Waals surface area contributed by atoms with Gasteiger partial charge in [-0.05, 0) is 20.3 Å². The lowest BCUT2D eigenvalue weighted by Crippen LogP contribution is -2.35. The van der Waals surface area contributed by atoms with Gasteiger partial charge in [0.05, 0.1) is 12.6 Å². The molecule has 0 amide bonds. The van der Waals surface area contributed by atoms with Crippen LogP contribution in [0, 0.1) is 0 Å². The summed E-state index contributed by atoms with van der Waals surface area (Å²) in [5.74, 6) is 0.405. The Balaban J connectivity index is 1.77. The van der Waals surface area contributed by atoms with Crippen LogP contribution in [0.25, 0.3) is 0 Å². The van der Waals surface area contributed by atoms with Crippen molar-refractivity contribution >= 4 is 41.0 Å². The van der Waals surface area contributed by atoms with E-state index in [4.69, 9.17) is 41.4 Å². The van der Waals surface area contributed by atoms with Gasteiger partial charge in [0.2, 0.25) is 0 Å². The minimum absolute atomic E-state index is 0.141. The van der Waals surface area contributed by atoms with Crippen LogP contribution in [0.3, 0.4) is 0 Å². The van der Waals surface area contributed by atoms with Crippen LogP contribution in [-0.4, -0.2) is 70.3 Å². The molecule has 12 heteroatoms. The van der Waals surface area contributed by atoms with Gasteiger partial charge in [-0.25, -0.2) is 14.8 Å². The number of aromatic nitrogens is 2. The van der Waals surface area contributed by atoms with Crippen LogP contribution < -0.4 is 11.1 Å². The lowest BCUT2D eigenvalue weighted by molar-refractivity contribution is -0.164. The molecule has 2 aliphatic rings. The number of hydrogen-bond acceptors (Lipinski definition) is 11. The summed E-state index contributed by atoms with van der Waals surface area (Å²) < 4.78 is 22.2. The summed E-state index contributed by atoms with van der Waals surface area (Å²) in [5, 5.41) is 12.8. The van der Waals surface area contributed by atoms with Crippen LogP contribution in [0.2, 0.25) is 5.15 Å². The summed E-state index contributed by atoms with van der Waals surface area (Å²) in [7, 11) is 0. The highest BCUT2D eigenvalue weighted by Crippen LogP contribution is 2.41. The number of halogens is 1. The molecule has 168 valence electrons. The van der Waals surface area contributed by atoms with Crippen LogP contribution in [0.4, 0.5) is 16.3 Å². The SMILES string of the molecule is CCCSc1nc(Cl)c(N)c(NC2CC(OC(=O)OCCO)C3OC(C)(C)OC23)n1. The van der Waals surface area contributed by atoms with Crippen molar-refractivity contribution < 1.29 is 28.8 Å². The van der Waals surface area contributed by atoms with Crippen LogP contribution >= 0.6 is 23.4 Å². The van der Waals surface area contributed by atoms with Crippen LogP contribution in [0.5, 0.6) is 0 Å². The lowest BCUT2D eigenvalue weighted by Gasteiger charge is -2.24. The standard InChI is InChI=1S/C18H27ClN4O6S/c1-4-7-30-16-22-14(19)11(20)15(23-16)21-9-8-10(27-17(25)26-6-5-24)13-12(9)28-18(2,3)29-13/h9-10,12-13,24H,4-8,20H2,1-3H3,(H,21,22,23). The Morgan fingerprint density at radius 1 is 1.40 bits per heavy atom. The molecular weight excluding hydrogens is 436 g/mol. The van der Waals surface area contributed by atoms with Gasteiger partial charge in [-0.2, -0.15) is 0 Å². The van der Waals surface area contributed by atoms with E-state index in [1.54, 1.807) is 13.8 Å². The molecule has 0 bridgehead atoms. The summed E-state index contributed by atoms with van der Waals surface area (Å²) in [6, 6.07) is -0.301. The highest BCUT2D eigenvalue weighted by Gasteiger charge is 2.56.